The number of hydrogen-bond donors (Lipinski definition) is 0. The summed E-state index contributed by atoms with van der Waals surface area (Å²) in [5.74, 6) is 0.228. The summed E-state index contributed by atoms with van der Waals surface area (Å²) >= 11 is 0. The second-order valence-corrected chi connectivity index (χ2v) is 12.5. The molecule has 0 radical (unpaired) electrons. The first-order valence-corrected chi connectivity index (χ1v) is 14.0. The normalized spacial score (nSPS) is 26.9. The number of benzene rings is 1. The smallest absolute Gasteiger partial charge is 0.410 e. The van der Waals surface area contributed by atoms with Crippen LogP contribution in [0.4, 0.5) is 16.2 Å². The van der Waals surface area contributed by atoms with Crippen molar-refractivity contribution in [1.29, 1.82) is 0 Å². The standard InChI is InChI=1S/C29H44N4O3/c1-21-19-23(31-15-10-24(20-31)32-14-6-7-22(32)2)8-9-25(21)33-18-13-29(26(33)34)11-16-30(17-12-29)27(35)36-28(3,4)5/h8-9,19,22,24H,6-7,10-18,20H2,1-5H3. The Balaban J connectivity index is 1.21. The summed E-state index contributed by atoms with van der Waals surface area (Å²) in [6.07, 6.45) is 5.90. The van der Waals surface area contributed by atoms with Gasteiger partial charge < -0.3 is 19.4 Å². The van der Waals surface area contributed by atoms with Crippen LogP contribution in [-0.2, 0) is 9.53 Å². The van der Waals surface area contributed by atoms with Gasteiger partial charge in [0, 0.05) is 56.2 Å². The largest absolute Gasteiger partial charge is 0.444 e. The van der Waals surface area contributed by atoms with Gasteiger partial charge in [-0.15, -0.1) is 0 Å². The minimum absolute atomic E-state index is 0.228. The highest BCUT2D eigenvalue weighted by Gasteiger charge is 2.49. The summed E-state index contributed by atoms with van der Waals surface area (Å²) in [6, 6.07) is 8.01. The van der Waals surface area contributed by atoms with E-state index in [9.17, 15) is 9.59 Å². The van der Waals surface area contributed by atoms with Crippen molar-refractivity contribution in [1.82, 2.24) is 9.80 Å². The van der Waals surface area contributed by atoms with Crippen LogP contribution in [0.15, 0.2) is 18.2 Å². The molecule has 0 aliphatic carbocycles. The maximum Gasteiger partial charge on any atom is 0.410 e. The molecule has 2 atom stereocenters. The molecule has 4 aliphatic rings. The number of nitrogens with zero attached hydrogens (tertiary/aromatic N) is 4. The number of carbonyl (C=O) groups excluding carboxylic acids is 2. The highest BCUT2D eigenvalue weighted by molar-refractivity contribution is 6.00. The molecule has 1 aromatic carbocycles. The van der Waals surface area contributed by atoms with E-state index in [1.807, 2.05) is 25.7 Å². The van der Waals surface area contributed by atoms with Crippen LogP contribution in [0.25, 0.3) is 0 Å². The monoisotopic (exact) mass is 496 g/mol. The Morgan fingerprint density at radius 1 is 1.03 bits per heavy atom. The van der Waals surface area contributed by atoms with Crippen molar-refractivity contribution in [3.63, 3.8) is 0 Å². The van der Waals surface area contributed by atoms with E-state index >= 15 is 0 Å². The highest BCUT2D eigenvalue weighted by Crippen LogP contribution is 2.44. The third kappa shape index (κ3) is 4.83. The zero-order valence-electron chi connectivity index (χ0n) is 22.9. The van der Waals surface area contributed by atoms with Gasteiger partial charge in [0.2, 0.25) is 5.91 Å². The molecule has 2 amide bonds. The zero-order chi connectivity index (χ0) is 25.7. The maximum atomic E-state index is 13.7. The van der Waals surface area contributed by atoms with Gasteiger partial charge in [0.25, 0.3) is 0 Å². The van der Waals surface area contributed by atoms with Crippen molar-refractivity contribution in [2.45, 2.75) is 90.8 Å². The quantitative estimate of drug-likeness (QED) is 0.601. The molecule has 2 unspecified atom stereocenters. The molecule has 4 aliphatic heterocycles. The number of piperidine rings is 1. The molecule has 4 saturated heterocycles. The van der Waals surface area contributed by atoms with E-state index in [1.165, 1.54) is 37.1 Å². The minimum Gasteiger partial charge on any atom is -0.444 e. The van der Waals surface area contributed by atoms with E-state index in [2.05, 4.69) is 41.8 Å². The molecule has 5 rings (SSSR count). The molecule has 0 aromatic heterocycles. The molecule has 0 bridgehead atoms. The first-order valence-electron chi connectivity index (χ1n) is 14.0. The van der Waals surface area contributed by atoms with Crippen LogP contribution in [0, 0.1) is 12.3 Å². The van der Waals surface area contributed by atoms with Crippen molar-refractivity contribution in [2.24, 2.45) is 5.41 Å². The third-order valence-corrected chi connectivity index (χ3v) is 8.96. The topological polar surface area (TPSA) is 56.3 Å². The Morgan fingerprint density at radius 2 is 1.75 bits per heavy atom. The van der Waals surface area contributed by atoms with E-state index in [-0.39, 0.29) is 17.4 Å². The number of anilines is 2. The fourth-order valence-corrected chi connectivity index (χ4v) is 6.84. The van der Waals surface area contributed by atoms with E-state index in [4.69, 9.17) is 4.74 Å². The van der Waals surface area contributed by atoms with Gasteiger partial charge in [-0.1, -0.05) is 0 Å². The number of aryl methyl sites for hydroxylation is 1. The Bertz CT molecular complexity index is 995. The molecular weight excluding hydrogens is 452 g/mol. The number of likely N-dealkylation sites (tertiary alicyclic amines) is 2. The van der Waals surface area contributed by atoms with Crippen LogP contribution >= 0.6 is 0 Å². The van der Waals surface area contributed by atoms with Gasteiger partial charge in [-0.25, -0.2) is 4.79 Å². The molecule has 7 heteroatoms. The molecule has 4 heterocycles. The van der Waals surface area contributed by atoms with Crippen molar-refractivity contribution < 1.29 is 14.3 Å². The van der Waals surface area contributed by atoms with Gasteiger partial charge >= 0.3 is 6.09 Å². The summed E-state index contributed by atoms with van der Waals surface area (Å²) in [6.45, 7) is 15.5. The maximum absolute atomic E-state index is 13.7. The zero-order valence-corrected chi connectivity index (χ0v) is 22.9. The predicted molar refractivity (Wildman–Crippen MR) is 144 cm³/mol. The Hall–Kier alpha value is -2.28. The molecule has 1 aromatic rings. The summed E-state index contributed by atoms with van der Waals surface area (Å²) in [5.41, 5.74) is 2.63. The van der Waals surface area contributed by atoms with E-state index < -0.39 is 5.60 Å². The highest BCUT2D eigenvalue weighted by atomic mass is 16.6. The first kappa shape index (κ1) is 25.4. The van der Waals surface area contributed by atoms with Gasteiger partial charge in [0.15, 0.2) is 0 Å². The van der Waals surface area contributed by atoms with Crippen LogP contribution in [0.3, 0.4) is 0 Å². The van der Waals surface area contributed by atoms with Crippen LogP contribution < -0.4 is 9.80 Å². The number of rotatable bonds is 3. The van der Waals surface area contributed by atoms with Crippen molar-refractivity contribution in [2.75, 3.05) is 49.1 Å². The van der Waals surface area contributed by atoms with Crippen LogP contribution in [0.5, 0.6) is 0 Å². The Labute approximate surface area is 216 Å². The van der Waals surface area contributed by atoms with E-state index in [0.717, 1.165) is 31.7 Å². The molecule has 4 fully saturated rings. The average Bonchev–Trinajstić information content (AvgIpc) is 3.54. The van der Waals surface area contributed by atoms with Gasteiger partial charge in [-0.2, -0.15) is 0 Å². The third-order valence-electron chi connectivity index (χ3n) is 8.96. The Kier molecular flexibility index (Phi) is 6.73. The summed E-state index contributed by atoms with van der Waals surface area (Å²) in [5, 5.41) is 0. The molecular formula is C29H44N4O3. The molecule has 0 saturated carbocycles. The van der Waals surface area contributed by atoms with E-state index in [1.54, 1.807) is 4.90 Å². The number of hydrogen-bond acceptors (Lipinski definition) is 5. The lowest BCUT2D eigenvalue weighted by Gasteiger charge is -2.38. The van der Waals surface area contributed by atoms with Gasteiger partial charge in [-0.05, 0) is 103 Å². The lowest BCUT2D eigenvalue weighted by atomic mass is 9.77. The van der Waals surface area contributed by atoms with E-state index in [0.29, 0.717) is 38.0 Å². The molecule has 0 N–H and O–H groups in total. The second kappa shape index (κ2) is 9.55. The summed E-state index contributed by atoms with van der Waals surface area (Å²) in [4.78, 5) is 35.1. The molecule has 1 spiro atoms. The number of amides is 2. The van der Waals surface area contributed by atoms with Crippen molar-refractivity contribution >= 4 is 23.4 Å². The molecule has 198 valence electrons. The fourth-order valence-electron chi connectivity index (χ4n) is 6.84. The van der Waals surface area contributed by atoms with Crippen LogP contribution in [0.1, 0.15) is 71.8 Å². The first-order chi connectivity index (χ1) is 17.1. The number of ether oxygens (including phenoxy) is 1. The minimum atomic E-state index is -0.502. The SMILES string of the molecule is Cc1cc(N2CCC(N3CCCC3C)C2)ccc1N1CCC2(CCN(C(=O)OC(C)(C)C)CC2)C1=O. The van der Waals surface area contributed by atoms with Gasteiger partial charge in [-0.3, -0.25) is 9.69 Å². The molecule has 36 heavy (non-hydrogen) atoms. The predicted octanol–water partition coefficient (Wildman–Crippen LogP) is 4.81. The lowest BCUT2D eigenvalue weighted by molar-refractivity contribution is -0.128. The van der Waals surface area contributed by atoms with Crippen molar-refractivity contribution in [3.8, 4) is 0 Å². The average molecular weight is 497 g/mol. The van der Waals surface area contributed by atoms with Crippen LogP contribution in [0.2, 0.25) is 0 Å². The lowest BCUT2D eigenvalue weighted by Crippen LogP contribution is -2.48. The summed E-state index contributed by atoms with van der Waals surface area (Å²) < 4.78 is 5.54. The second-order valence-electron chi connectivity index (χ2n) is 12.5. The van der Waals surface area contributed by atoms with Crippen LogP contribution in [-0.4, -0.2) is 78.8 Å². The van der Waals surface area contributed by atoms with Gasteiger partial charge in [0.05, 0.1) is 5.41 Å². The Morgan fingerprint density at radius 3 is 2.39 bits per heavy atom. The summed E-state index contributed by atoms with van der Waals surface area (Å²) in [7, 11) is 0. The molecule has 7 nitrogen and oxygen atoms in total. The number of carbonyl (C=O) groups is 2. The van der Waals surface area contributed by atoms with Gasteiger partial charge in [0.1, 0.15) is 5.60 Å². The fraction of sp³-hybridized carbons (Fsp3) is 0.724. The van der Waals surface area contributed by atoms with Crippen molar-refractivity contribution in [3.05, 3.63) is 23.8 Å².